The van der Waals surface area contributed by atoms with Gasteiger partial charge >= 0.3 is 5.97 Å². The highest BCUT2D eigenvalue weighted by atomic mass is 32.1. The molecule has 1 aliphatic carbocycles. The number of pyridine rings is 1. The number of nitrogens with zero attached hydrogens (tertiary/aromatic N) is 1. The molecule has 1 amide bonds. The number of carboxylic acid groups (broad SMARTS) is 1. The molecular weight excluding hydrogens is 531 g/mol. The lowest BCUT2D eigenvalue weighted by Crippen LogP contribution is -2.38. The van der Waals surface area contributed by atoms with E-state index >= 15 is 0 Å². The van der Waals surface area contributed by atoms with Gasteiger partial charge in [-0.1, -0.05) is 6.07 Å². The molecular formula is C31H31FN2O5S. The first-order chi connectivity index (χ1) is 19.0. The van der Waals surface area contributed by atoms with Crippen molar-refractivity contribution in [3.63, 3.8) is 0 Å². The third-order valence-electron chi connectivity index (χ3n) is 7.49. The van der Waals surface area contributed by atoms with Crippen molar-refractivity contribution in [3.05, 3.63) is 80.3 Å². The number of halogens is 1. The van der Waals surface area contributed by atoms with Crippen molar-refractivity contribution in [2.45, 2.75) is 52.5 Å². The maximum absolute atomic E-state index is 13.8. The number of carbonyl (C=O) groups is 2. The van der Waals surface area contributed by atoms with Crippen molar-refractivity contribution in [1.29, 1.82) is 0 Å². The Morgan fingerprint density at radius 3 is 2.35 bits per heavy atom. The Bertz CT molecular complexity index is 1680. The number of carbonyl (C=O) groups excluding carboxylic acids is 1. The maximum atomic E-state index is 13.8. The Morgan fingerprint density at radius 1 is 1.02 bits per heavy atom. The minimum atomic E-state index is -0.787. The van der Waals surface area contributed by atoms with E-state index in [0.29, 0.717) is 63.3 Å². The number of rotatable bonds is 6. The maximum Gasteiger partial charge on any atom is 0.306 e. The number of aromatic nitrogens is 1. The van der Waals surface area contributed by atoms with E-state index in [1.807, 2.05) is 25.1 Å². The average Bonchev–Trinajstić information content (AvgIpc) is 3.34. The summed E-state index contributed by atoms with van der Waals surface area (Å²) in [5.41, 5.74) is 3.75. The van der Waals surface area contributed by atoms with Gasteiger partial charge in [-0.05, 0) is 99.0 Å². The fourth-order valence-corrected chi connectivity index (χ4v) is 6.53. The summed E-state index contributed by atoms with van der Waals surface area (Å²) in [6.07, 6.45) is 4.06. The zero-order valence-corrected chi connectivity index (χ0v) is 23.7. The Morgan fingerprint density at radius 2 is 1.70 bits per heavy atom. The Labute approximate surface area is 235 Å². The number of thiophene rings is 1. The minimum Gasteiger partial charge on any atom is -0.481 e. The molecule has 0 unspecified atom stereocenters. The number of nitrogens with one attached hydrogen (secondary N) is 1. The lowest BCUT2D eigenvalue weighted by atomic mass is 9.86. The van der Waals surface area contributed by atoms with E-state index in [4.69, 9.17) is 4.74 Å². The van der Waals surface area contributed by atoms with Crippen LogP contribution >= 0.6 is 11.3 Å². The average molecular weight is 563 g/mol. The third kappa shape index (κ3) is 5.51. The van der Waals surface area contributed by atoms with Crippen molar-refractivity contribution in [1.82, 2.24) is 9.88 Å². The van der Waals surface area contributed by atoms with Crippen molar-refractivity contribution >= 4 is 33.3 Å². The lowest BCUT2D eigenvalue weighted by Gasteiger charge is -2.26. The number of ether oxygens (including phenoxy) is 1. The predicted octanol–water partition coefficient (Wildman–Crippen LogP) is 6.50. The molecule has 7 nitrogen and oxygen atoms in total. The first-order valence-electron chi connectivity index (χ1n) is 13.2. The van der Waals surface area contributed by atoms with Crippen LogP contribution in [0.3, 0.4) is 0 Å². The highest BCUT2D eigenvalue weighted by Crippen LogP contribution is 2.37. The number of aliphatic carboxylic acids is 1. The van der Waals surface area contributed by atoms with Gasteiger partial charge in [0.15, 0.2) is 0 Å². The minimum absolute atomic E-state index is 0.0922. The van der Waals surface area contributed by atoms with Crippen LogP contribution in [0.1, 0.15) is 52.0 Å². The molecule has 4 aromatic rings. The predicted molar refractivity (Wildman–Crippen MR) is 154 cm³/mol. The van der Waals surface area contributed by atoms with Crippen LogP contribution in [0.25, 0.3) is 21.2 Å². The van der Waals surface area contributed by atoms with E-state index in [2.05, 4.69) is 5.32 Å². The summed E-state index contributed by atoms with van der Waals surface area (Å²) in [5.74, 6) is -0.543. The van der Waals surface area contributed by atoms with Crippen molar-refractivity contribution in [2.75, 3.05) is 0 Å². The summed E-state index contributed by atoms with van der Waals surface area (Å²) in [7, 11) is 1.68. The van der Waals surface area contributed by atoms with Crippen molar-refractivity contribution in [2.24, 2.45) is 13.0 Å². The zero-order valence-electron chi connectivity index (χ0n) is 22.8. The van der Waals surface area contributed by atoms with Gasteiger partial charge in [0.25, 0.3) is 11.5 Å². The van der Waals surface area contributed by atoms with Crippen molar-refractivity contribution in [3.8, 4) is 22.6 Å². The fraction of sp³-hybridized carbons (Fsp3) is 0.323. The molecule has 2 N–H and O–H groups in total. The van der Waals surface area contributed by atoms with Gasteiger partial charge in [0.1, 0.15) is 17.3 Å². The van der Waals surface area contributed by atoms with Crippen LogP contribution in [0.2, 0.25) is 0 Å². The number of aryl methyl sites for hydroxylation is 4. The molecule has 1 aliphatic rings. The van der Waals surface area contributed by atoms with E-state index in [-0.39, 0.29) is 29.2 Å². The molecule has 208 valence electrons. The zero-order chi connectivity index (χ0) is 28.7. The molecule has 5 rings (SSSR count). The van der Waals surface area contributed by atoms with Crippen LogP contribution in [0.15, 0.2) is 47.4 Å². The van der Waals surface area contributed by atoms with Crippen LogP contribution in [-0.2, 0) is 11.8 Å². The molecule has 2 heterocycles. The summed E-state index contributed by atoms with van der Waals surface area (Å²) < 4.78 is 22.3. The van der Waals surface area contributed by atoms with E-state index in [0.717, 1.165) is 16.7 Å². The molecule has 2 aromatic carbocycles. The van der Waals surface area contributed by atoms with E-state index < -0.39 is 5.97 Å². The monoisotopic (exact) mass is 562 g/mol. The number of hydrogen-bond donors (Lipinski definition) is 2. The molecule has 0 bridgehead atoms. The normalized spacial score (nSPS) is 17.1. The Hall–Kier alpha value is -3.98. The second-order valence-corrected chi connectivity index (χ2v) is 11.7. The molecule has 40 heavy (non-hydrogen) atoms. The van der Waals surface area contributed by atoms with Crippen LogP contribution in [0.4, 0.5) is 4.39 Å². The molecule has 0 atom stereocenters. The standard InChI is InChI=1S/C31H31FN2O5S/c1-16-9-20(13-23(10-16)39-27-17(2)11-21(32)12-18(27)3)25-15-34(4)30(36)24-14-26(40-28(24)25)29(35)33-22-7-5-19(6-8-22)31(37)38/h9-15,19,22H,5-8H2,1-4H3,(H,33,35)(H,37,38). The van der Waals surface area contributed by atoms with E-state index in [1.54, 1.807) is 33.2 Å². The Balaban J connectivity index is 1.48. The first-order valence-corrected chi connectivity index (χ1v) is 14.1. The number of amides is 1. The number of fused-ring (bicyclic) bond motifs is 1. The van der Waals surface area contributed by atoms with E-state index in [9.17, 15) is 23.9 Å². The number of carboxylic acids is 1. The summed E-state index contributed by atoms with van der Waals surface area (Å²) in [5, 5.41) is 12.7. The van der Waals surface area contributed by atoms with Gasteiger partial charge in [-0.2, -0.15) is 0 Å². The fourth-order valence-electron chi connectivity index (χ4n) is 5.45. The summed E-state index contributed by atoms with van der Waals surface area (Å²) in [6, 6.07) is 10.2. The quantitative estimate of drug-likeness (QED) is 0.280. The Kier molecular flexibility index (Phi) is 7.51. The third-order valence-corrected chi connectivity index (χ3v) is 8.66. The number of benzene rings is 2. The van der Waals surface area contributed by atoms with E-state index in [1.165, 1.54) is 28.0 Å². The van der Waals surface area contributed by atoms with Crippen molar-refractivity contribution < 1.29 is 23.8 Å². The SMILES string of the molecule is Cc1cc(Oc2c(C)cc(F)cc2C)cc(-c2cn(C)c(=O)c3cc(C(=O)NC4CCC(C(=O)O)CC4)sc23)c1. The summed E-state index contributed by atoms with van der Waals surface area (Å²) >= 11 is 1.26. The highest BCUT2D eigenvalue weighted by molar-refractivity contribution is 7.21. The molecule has 0 aliphatic heterocycles. The van der Waals surface area contributed by atoms with Gasteiger partial charge in [0.05, 0.1) is 16.2 Å². The molecule has 9 heteroatoms. The van der Waals surface area contributed by atoms with Gasteiger partial charge in [-0.15, -0.1) is 11.3 Å². The number of hydrogen-bond acceptors (Lipinski definition) is 5. The van der Waals surface area contributed by atoms with Gasteiger partial charge in [0, 0.05) is 29.5 Å². The van der Waals surface area contributed by atoms with Gasteiger partial charge in [-0.3, -0.25) is 14.4 Å². The lowest BCUT2D eigenvalue weighted by molar-refractivity contribution is -0.142. The summed E-state index contributed by atoms with van der Waals surface area (Å²) in [4.78, 5) is 37.9. The van der Waals surface area contributed by atoms with Crippen LogP contribution < -0.4 is 15.6 Å². The second kappa shape index (κ2) is 10.9. The molecule has 1 saturated carbocycles. The largest absolute Gasteiger partial charge is 0.481 e. The topological polar surface area (TPSA) is 97.6 Å². The molecule has 0 spiro atoms. The van der Waals surface area contributed by atoms with Gasteiger partial charge in [-0.25, -0.2) is 4.39 Å². The second-order valence-electron chi connectivity index (χ2n) is 10.7. The first kappa shape index (κ1) is 27.6. The van der Waals surface area contributed by atoms with Crippen LogP contribution in [0.5, 0.6) is 11.5 Å². The highest BCUT2D eigenvalue weighted by Gasteiger charge is 2.27. The van der Waals surface area contributed by atoms with Gasteiger partial charge < -0.3 is 19.7 Å². The van der Waals surface area contributed by atoms with Gasteiger partial charge in [0.2, 0.25) is 0 Å². The smallest absolute Gasteiger partial charge is 0.306 e. The molecule has 1 fully saturated rings. The molecule has 0 radical (unpaired) electrons. The summed E-state index contributed by atoms with van der Waals surface area (Å²) in [6.45, 7) is 5.55. The molecule has 0 saturated heterocycles. The molecule has 2 aromatic heterocycles. The van der Waals surface area contributed by atoms with Crippen LogP contribution in [0, 0.1) is 32.5 Å². The van der Waals surface area contributed by atoms with Crippen LogP contribution in [-0.4, -0.2) is 27.6 Å².